The van der Waals surface area contributed by atoms with Gasteiger partial charge in [-0.05, 0) is 53.8 Å². The zero-order chi connectivity index (χ0) is 13.7. The highest BCUT2D eigenvalue weighted by atomic mass is 32.1. The predicted octanol–water partition coefficient (Wildman–Crippen LogP) is 2.68. The van der Waals surface area contributed by atoms with Crippen LogP contribution >= 0.6 is 11.3 Å². The molecular weight excluding hydrogens is 256 g/mol. The fourth-order valence-electron chi connectivity index (χ4n) is 2.22. The highest BCUT2D eigenvalue weighted by Crippen LogP contribution is 2.22. The molecule has 1 heterocycles. The maximum Gasteiger partial charge on any atom is 0.122 e. The lowest BCUT2D eigenvalue weighted by molar-refractivity contribution is 0.404. The van der Waals surface area contributed by atoms with E-state index in [-0.39, 0.29) is 6.04 Å². The first kappa shape index (κ1) is 14.1. The number of hydrazine groups is 1. The number of hydrogen-bond donors (Lipinski definition) is 2. The third-order valence-electron chi connectivity index (χ3n) is 3.20. The molecule has 1 aromatic heterocycles. The number of nitrogens with one attached hydrogen (secondary N) is 1. The Morgan fingerprint density at radius 3 is 2.79 bits per heavy atom. The van der Waals surface area contributed by atoms with Gasteiger partial charge >= 0.3 is 0 Å². The van der Waals surface area contributed by atoms with Crippen molar-refractivity contribution < 1.29 is 4.74 Å². The molecule has 2 aromatic rings. The van der Waals surface area contributed by atoms with Gasteiger partial charge in [0.25, 0.3) is 0 Å². The monoisotopic (exact) mass is 276 g/mol. The van der Waals surface area contributed by atoms with Crippen molar-refractivity contribution in [1.29, 1.82) is 0 Å². The maximum atomic E-state index is 5.68. The minimum absolute atomic E-state index is 0.213. The Balaban J connectivity index is 2.11. The van der Waals surface area contributed by atoms with Gasteiger partial charge in [0.1, 0.15) is 5.75 Å². The van der Waals surface area contributed by atoms with Crippen LogP contribution in [0.1, 0.15) is 16.7 Å². The van der Waals surface area contributed by atoms with Crippen LogP contribution in [-0.2, 0) is 12.8 Å². The summed E-state index contributed by atoms with van der Waals surface area (Å²) in [5.41, 5.74) is 6.66. The average Bonchev–Trinajstić information content (AvgIpc) is 2.91. The van der Waals surface area contributed by atoms with Crippen molar-refractivity contribution in [3.63, 3.8) is 0 Å². The summed E-state index contributed by atoms with van der Waals surface area (Å²) >= 11 is 1.72. The minimum Gasteiger partial charge on any atom is -0.496 e. The highest BCUT2D eigenvalue weighted by molar-refractivity contribution is 7.07. The number of hydrogen-bond acceptors (Lipinski definition) is 4. The summed E-state index contributed by atoms with van der Waals surface area (Å²) in [7, 11) is 1.71. The van der Waals surface area contributed by atoms with Gasteiger partial charge in [-0.3, -0.25) is 11.3 Å². The molecule has 4 heteroatoms. The molecule has 0 radical (unpaired) electrons. The highest BCUT2D eigenvalue weighted by Gasteiger charge is 2.12. The average molecular weight is 276 g/mol. The molecule has 0 aliphatic rings. The van der Waals surface area contributed by atoms with E-state index in [2.05, 4.69) is 41.3 Å². The molecular formula is C15H20N2OS. The largest absolute Gasteiger partial charge is 0.496 e. The summed E-state index contributed by atoms with van der Waals surface area (Å²) in [6.45, 7) is 2.09. The van der Waals surface area contributed by atoms with E-state index in [4.69, 9.17) is 10.6 Å². The number of ether oxygens (including phenoxy) is 1. The molecule has 102 valence electrons. The van der Waals surface area contributed by atoms with Crippen LogP contribution < -0.4 is 16.0 Å². The summed E-state index contributed by atoms with van der Waals surface area (Å²) in [5, 5.41) is 4.26. The van der Waals surface area contributed by atoms with Gasteiger partial charge < -0.3 is 4.74 Å². The number of aryl methyl sites for hydroxylation is 1. The molecule has 1 aromatic carbocycles. The zero-order valence-corrected chi connectivity index (χ0v) is 12.2. The second-order valence-electron chi connectivity index (χ2n) is 4.72. The van der Waals surface area contributed by atoms with Crippen molar-refractivity contribution in [1.82, 2.24) is 5.43 Å². The molecule has 19 heavy (non-hydrogen) atoms. The lowest BCUT2D eigenvalue weighted by atomic mass is 9.99. The van der Waals surface area contributed by atoms with Crippen molar-refractivity contribution in [2.75, 3.05) is 7.11 Å². The Kier molecular flexibility index (Phi) is 4.96. The Morgan fingerprint density at radius 2 is 2.16 bits per heavy atom. The smallest absolute Gasteiger partial charge is 0.122 e. The van der Waals surface area contributed by atoms with Crippen LogP contribution in [0.4, 0.5) is 0 Å². The fraction of sp³-hybridized carbons (Fsp3) is 0.333. The molecule has 0 aliphatic carbocycles. The second kappa shape index (κ2) is 6.70. The van der Waals surface area contributed by atoms with E-state index in [0.29, 0.717) is 0 Å². The lowest BCUT2D eigenvalue weighted by Crippen LogP contribution is -2.38. The molecule has 0 spiro atoms. The van der Waals surface area contributed by atoms with E-state index in [1.807, 2.05) is 6.07 Å². The molecule has 3 nitrogen and oxygen atoms in total. The van der Waals surface area contributed by atoms with Crippen LogP contribution in [0.25, 0.3) is 0 Å². The van der Waals surface area contributed by atoms with E-state index in [9.17, 15) is 0 Å². The van der Waals surface area contributed by atoms with Crippen LogP contribution in [0.5, 0.6) is 5.75 Å². The van der Waals surface area contributed by atoms with E-state index in [0.717, 1.165) is 18.6 Å². The van der Waals surface area contributed by atoms with Crippen molar-refractivity contribution in [3.05, 3.63) is 51.7 Å². The number of nitrogens with two attached hydrogens (primary N) is 1. The van der Waals surface area contributed by atoms with E-state index in [1.54, 1.807) is 18.4 Å². The molecule has 0 aliphatic heterocycles. The molecule has 1 unspecified atom stereocenters. The van der Waals surface area contributed by atoms with E-state index < -0.39 is 0 Å². The number of rotatable bonds is 6. The Labute approximate surface area is 118 Å². The third-order valence-corrected chi connectivity index (χ3v) is 3.93. The summed E-state index contributed by atoms with van der Waals surface area (Å²) in [5.74, 6) is 6.61. The minimum atomic E-state index is 0.213. The normalized spacial score (nSPS) is 12.4. The van der Waals surface area contributed by atoms with E-state index in [1.165, 1.54) is 16.7 Å². The van der Waals surface area contributed by atoms with Gasteiger partial charge in [-0.15, -0.1) is 0 Å². The predicted molar refractivity (Wildman–Crippen MR) is 80.6 cm³/mol. The van der Waals surface area contributed by atoms with Gasteiger partial charge in [0, 0.05) is 6.04 Å². The molecule has 2 rings (SSSR count). The topological polar surface area (TPSA) is 47.3 Å². The van der Waals surface area contributed by atoms with Gasteiger partial charge in [-0.2, -0.15) is 11.3 Å². The first-order valence-electron chi connectivity index (χ1n) is 6.33. The summed E-state index contributed by atoms with van der Waals surface area (Å²) in [6.07, 6.45) is 1.79. The number of thiophene rings is 1. The van der Waals surface area contributed by atoms with E-state index >= 15 is 0 Å². The van der Waals surface area contributed by atoms with Crippen LogP contribution in [0, 0.1) is 6.92 Å². The SMILES string of the molecule is COc1ccc(C)cc1CC(Cc1ccsc1)NN. The Hall–Kier alpha value is -1.36. The first-order chi connectivity index (χ1) is 9.22. The summed E-state index contributed by atoms with van der Waals surface area (Å²) in [4.78, 5) is 0. The number of methoxy groups -OCH3 is 1. The second-order valence-corrected chi connectivity index (χ2v) is 5.50. The van der Waals surface area contributed by atoms with Crippen LogP contribution in [-0.4, -0.2) is 13.2 Å². The van der Waals surface area contributed by atoms with Crippen molar-refractivity contribution in [2.24, 2.45) is 5.84 Å². The lowest BCUT2D eigenvalue weighted by Gasteiger charge is -2.17. The number of benzene rings is 1. The Morgan fingerprint density at radius 1 is 1.32 bits per heavy atom. The van der Waals surface area contributed by atoms with Crippen LogP contribution in [0.15, 0.2) is 35.0 Å². The van der Waals surface area contributed by atoms with Crippen LogP contribution in [0.2, 0.25) is 0 Å². The standard InChI is InChI=1S/C15H20N2OS/c1-11-3-4-15(18-2)13(7-11)9-14(17-16)8-12-5-6-19-10-12/h3-7,10,14,17H,8-9,16H2,1-2H3. The van der Waals surface area contributed by atoms with Crippen molar-refractivity contribution in [3.8, 4) is 5.75 Å². The third kappa shape index (κ3) is 3.80. The molecule has 0 amide bonds. The molecule has 3 N–H and O–H groups in total. The van der Waals surface area contributed by atoms with Gasteiger partial charge in [-0.1, -0.05) is 17.7 Å². The van der Waals surface area contributed by atoms with Crippen molar-refractivity contribution in [2.45, 2.75) is 25.8 Å². The maximum absolute atomic E-state index is 5.68. The van der Waals surface area contributed by atoms with Gasteiger partial charge in [0.2, 0.25) is 0 Å². The van der Waals surface area contributed by atoms with Gasteiger partial charge in [-0.25, -0.2) is 0 Å². The Bertz CT molecular complexity index is 511. The van der Waals surface area contributed by atoms with Gasteiger partial charge in [0.05, 0.1) is 7.11 Å². The van der Waals surface area contributed by atoms with Gasteiger partial charge in [0.15, 0.2) is 0 Å². The first-order valence-corrected chi connectivity index (χ1v) is 7.28. The summed E-state index contributed by atoms with van der Waals surface area (Å²) in [6, 6.07) is 8.60. The molecule has 0 saturated heterocycles. The van der Waals surface area contributed by atoms with Crippen LogP contribution in [0.3, 0.4) is 0 Å². The van der Waals surface area contributed by atoms with Crippen molar-refractivity contribution >= 4 is 11.3 Å². The molecule has 0 saturated carbocycles. The quantitative estimate of drug-likeness (QED) is 0.630. The molecule has 1 atom stereocenters. The molecule has 0 fully saturated rings. The fourth-order valence-corrected chi connectivity index (χ4v) is 2.90. The molecule has 0 bridgehead atoms. The zero-order valence-electron chi connectivity index (χ0n) is 11.3. The summed E-state index contributed by atoms with van der Waals surface area (Å²) < 4.78 is 5.41.